The van der Waals surface area contributed by atoms with Crippen LogP contribution in [0.1, 0.15) is 28.8 Å². The molecular weight excluding hydrogens is 423 g/mol. The van der Waals surface area contributed by atoms with Crippen molar-refractivity contribution < 1.29 is 26.8 Å². The highest BCUT2D eigenvalue weighted by molar-refractivity contribution is 7.92. The summed E-state index contributed by atoms with van der Waals surface area (Å²) in [5, 5.41) is 3.16. The molecule has 0 atom stereocenters. The highest BCUT2D eigenvalue weighted by Gasteiger charge is 2.49. The van der Waals surface area contributed by atoms with E-state index in [0.717, 1.165) is 12.8 Å². The predicted molar refractivity (Wildman–Crippen MR) is 114 cm³/mol. The topological polar surface area (TPSA) is 88.8 Å². The van der Waals surface area contributed by atoms with E-state index in [1.807, 2.05) is 0 Å². The zero-order valence-corrected chi connectivity index (χ0v) is 17.9. The molecule has 1 aliphatic carbocycles. The van der Waals surface area contributed by atoms with Crippen LogP contribution >= 0.6 is 0 Å². The first-order valence-electron chi connectivity index (χ1n) is 9.90. The smallest absolute Gasteiger partial charge is 0.255 e. The molecule has 2 aliphatic rings. The third kappa shape index (κ3) is 3.37. The Kier molecular flexibility index (Phi) is 4.39. The van der Waals surface area contributed by atoms with Gasteiger partial charge in [0.25, 0.3) is 5.91 Å². The summed E-state index contributed by atoms with van der Waals surface area (Å²) < 4.78 is 52.0. The highest BCUT2D eigenvalue weighted by Crippen LogP contribution is 2.47. The molecule has 1 saturated carbocycles. The Morgan fingerprint density at radius 1 is 1.19 bits per heavy atom. The third-order valence-electron chi connectivity index (χ3n) is 5.89. The van der Waals surface area contributed by atoms with Crippen LogP contribution in [0.2, 0.25) is 0 Å². The summed E-state index contributed by atoms with van der Waals surface area (Å²) in [6.07, 6.45) is 2.78. The van der Waals surface area contributed by atoms with Gasteiger partial charge in [0.15, 0.2) is 0 Å². The molecule has 1 N–H and O–H groups in total. The van der Waals surface area contributed by atoms with Gasteiger partial charge in [-0.25, -0.2) is 12.8 Å². The summed E-state index contributed by atoms with van der Waals surface area (Å²) in [5.41, 5.74) is 1.92. The van der Waals surface area contributed by atoms with E-state index < -0.39 is 21.4 Å². The average molecular weight is 444 g/mol. The highest BCUT2D eigenvalue weighted by atomic mass is 32.2. The van der Waals surface area contributed by atoms with Crippen LogP contribution in [-0.4, -0.2) is 39.8 Å². The lowest BCUT2D eigenvalue weighted by atomic mass is 10.0. The number of sulfonamides is 1. The molecule has 7 nitrogen and oxygen atoms in total. The number of ether oxygens (including phenoxy) is 1. The number of hydrogen-bond acceptors (Lipinski definition) is 5. The normalized spacial score (nSPS) is 17.5. The average Bonchev–Trinajstić information content (AvgIpc) is 3.44. The van der Waals surface area contributed by atoms with Gasteiger partial charge in [0.2, 0.25) is 10.0 Å². The molecule has 2 aromatic carbocycles. The van der Waals surface area contributed by atoms with Crippen molar-refractivity contribution in [3.05, 3.63) is 53.3 Å². The Labute approximate surface area is 178 Å². The number of furan rings is 1. The van der Waals surface area contributed by atoms with E-state index in [0.29, 0.717) is 39.1 Å². The predicted octanol–water partition coefficient (Wildman–Crippen LogP) is 3.43. The van der Waals surface area contributed by atoms with Gasteiger partial charge in [-0.3, -0.25) is 9.10 Å². The lowest BCUT2D eigenvalue weighted by molar-refractivity contribution is 0.0316. The molecule has 3 aromatic rings. The van der Waals surface area contributed by atoms with Crippen LogP contribution in [0.15, 0.2) is 40.8 Å². The number of fused-ring (bicyclic) bond motifs is 2. The number of amides is 1. The van der Waals surface area contributed by atoms with Gasteiger partial charge in [-0.15, -0.1) is 0 Å². The molecule has 1 aromatic heterocycles. The molecule has 1 fully saturated rings. The first-order valence-corrected chi connectivity index (χ1v) is 11.7. The number of halogens is 1. The van der Waals surface area contributed by atoms with Crippen molar-refractivity contribution in [2.45, 2.75) is 25.0 Å². The van der Waals surface area contributed by atoms with E-state index in [1.165, 1.54) is 41.9 Å². The maximum absolute atomic E-state index is 13.4. The van der Waals surface area contributed by atoms with Gasteiger partial charge in [0, 0.05) is 29.6 Å². The molecule has 0 saturated heterocycles. The maximum atomic E-state index is 13.4. The van der Waals surface area contributed by atoms with E-state index in [4.69, 9.17) is 9.15 Å². The van der Waals surface area contributed by atoms with Crippen LogP contribution in [0.3, 0.4) is 0 Å². The largest absolute Gasteiger partial charge is 0.455 e. The minimum Gasteiger partial charge on any atom is -0.455 e. The van der Waals surface area contributed by atoms with Gasteiger partial charge in [0.1, 0.15) is 17.2 Å². The van der Waals surface area contributed by atoms with Gasteiger partial charge in [-0.05, 0) is 43.2 Å². The van der Waals surface area contributed by atoms with Crippen LogP contribution in [-0.2, 0) is 21.4 Å². The van der Waals surface area contributed by atoms with Crippen molar-refractivity contribution >= 4 is 32.6 Å². The fraction of sp³-hybridized carbons (Fsp3) is 0.318. The summed E-state index contributed by atoms with van der Waals surface area (Å²) >= 11 is 0. The minimum absolute atomic E-state index is 0.238. The third-order valence-corrected chi connectivity index (χ3v) is 7.02. The molecule has 1 spiro atoms. The van der Waals surface area contributed by atoms with Gasteiger partial charge < -0.3 is 14.5 Å². The zero-order valence-electron chi connectivity index (χ0n) is 17.1. The van der Waals surface area contributed by atoms with Crippen LogP contribution < -0.4 is 9.62 Å². The minimum atomic E-state index is -3.55. The quantitative estimate of drug-likeness (QED) is 0.669. The van der Waals surface area contributed by atoms with Gasteiger partial charge in [-0.1, -0.05) is 0 Å². The molecule has 31 heavy (non-hydrogen) atoms. The van der Waals surface area contributed by atoms with Crippen LogP contribution in [0.5, 0.6) is 0 Å². The molecule has 0 unspecified atom stereocenters. The van der Waals surface area contributed by atoms with Crippen molar-refractivity contribution in [2.24, 2.45) is 0 Å². The zero-order chi connectivity index (χ0) is 22.0. The SMILES string of the molecule is CNC(=O)c1c(-c2ccc(F)cc2)oc2cc3c(cc12)COC1(CC1)CN3S(C)(=O)=O. The number of carbonyl (C=O) groups excluding carboxylic acids is 1. The standard InChI is InChI=1S/C22H21FN2O5S/c1-24-21(26)19-16-9-14-11-29-22(7-8-22)12-25(31(2,27)28)17(14)10-18(16)30-20(19)13-3-5-15(23)6-4-13/h3-6,9-10H,7-8,11-12H2,1-2H3,(H,24,26). The number of nitrogens with one attached hydrogen (secondary N) is 1. The molecule has 1 amide bonds. The monoisotopic (exact) mass is 444 g/mol. The maximum Gasteiger partial charge on any atom is 0.255 e. The summed E-state index contributed by atoms with van der Waals surface area (Å²) in [6.45, 7) is 0.486. The van der Waals surface area contributed by atoms with E-state index in [-0.39, 0.29) is 19.1 Å². The van der Waals surface area contributed by atoms with E-state index in [1.54, 1.807) is 12.1 Å². The molecular formula is C22H21FN2O5S. The lowest BCUT2D eigenvalue weighted by Gasteiger charge is -2.24. The summed E-state index contributed by atoms with van der Waals surface area (Å²) in [5.74, 6) is -0.464. The van der Waals surface area contributed by atoms with E-state index in [9.17, 15) is 17.6 Å². The second-order valence-corrected chi connectivity index (χ2v) is 10.0. The van der Waals surface area contributed by atoms with Gasteiger partial charge in [0.05, 0.1) is 36.3 Å². The number of rotatable bonds is 3. The Morgan fingerprint density at radius 2 is 1.90 bits per heavy atom. The van der Waals surface area contributed by atoms with Crippen LogP contribution in [0.25, 0.3) is 22.3 Å². The van der Waals surface area contributed by atoms with Crippen molar-refractivity contribution in [2.75, 3.05) is 24.2 Å². The first-order chi connectivity index (χ1) is 14.7. The summed E-state index contributed by atoms with van der Waals surface area (Å²) in [4.78, 5) is 12.7. The molecule has 5 rings (SSSR count). The summed E-state index contributed by atoms with van der Waals surface area (Å²) in [7, 11) is -2.03. The number of hydrogen-bond donors (Lipinski definition) is 1. The number of benzene rings is 2. The number of anilines is 1. The van der Waals surface area contributed by atoms with Crippen molar-refractivity contribution in [3.63, 3.8) is 0 Å². The van der Waals surface area contributed by atoms with Crippen molar-refractivity contribution in [1.82, 2.24) is 5.32 Å². The van der Waals surface area contributed by atoms with Crippen LogP contribution in [0, 0.1) is 5.82 Å². The Bertz CT molecular complexity index is 1310. The van der Waals surface area contributed by atoms with E-state index in [2.05, 4.69) is 5.32 Å². The first kappa shape index (κ1) is 20.0. The van der Waals surface area contributed by atoms with Gasteiger partial charge in [-0.2, -0.15) is 0 Å². The van der Waals surface area contributed by atoms with Crippen LogP contribution in [0.4, 0.5) is 10.1 Å². The Morgan fingerprint density at radius 3 is 2.52 bits per heavy atom. The molecule has 9 heteroatoms. The second kappa shape index (κ2) is 6.80. The van der Waals surface area contributed by atoms with Gasteiger partial charge >= 0.3 is 0 Å². The number of nitrogens with zero attached hydrogens (tertiary/aromatic N) is 1. The summed E-state index contributed by atoms with van der Waals surface area (Å²) in [6, 6.07) is 9.06. The molecule has 1 aliphatic heterocycles. The molecule has 162 valence electrons. The lowest BCUT2D eigenvalue weighted by Crippen LogP contribution is -2.37. The fourth-order valence-corrected chi connectivity index (χ4v) is 5.04. The fourth-order valence-electron chi connectivity index (χ4n) is 4.04. The second-order valence-electron chi connectivity index (χ2n) is 8.11. The Balaban J connectivity index is 1.74. The Hall–Kier alpha value is -2.91. The molecule has 0 radical (unpaired) electrons. The number of carbonyl (C=O) groups is 1. The molecule has 0 bridgehead atoms. The van der Waals surface area contributed by atoms with Crippen molar-refractivity contribution in [3.8, 4) is 11.3 Å². The van der Waals surface area contributed by atoms with Crippen molar-refractivity contribution in [1.29, 1.82) is 0 Å². The van der Waals surface area contributed by atoms with E-state index >= 15 is 0 Å². The molecule has 2 heterocycles.